The van der Waals surface area contributed by atoms with E-state index in [0.29, 0.717) is 34.9 Å². The second kappa shape index (κ2) is 24.1. The standard InChI is InChI=1S/C36H72N2O5/c1-9-11-13-15-17-19-20-22-24-26-28-32(36(41)42)34(30-38(6,7)8)43-33(29-37(3,4)5)31(35(39)40)27-25-23-21-18-16-14-12-10-2/h31-34H,9-30H2,1-8H3/p+2. The van der Waals surface area contributed by atoms with E-state index in [4.69, 9.17) is 4.74 Å². The first-order chi connectivity index (χ1) is 20.2. The third-order valence-electron chi connectivity index (χ3n) is 8.57. The Morgan fingerprint density at radius 2 is 0.744 bits per heavy atom. The maximum absolute atomic E-state index is 12.6. The Morgan fingerprint density at radius 3 is 0.977 bits per heavy atom. The van der Waals surface area contributed by atoms with Crippen LogP contribution < -0.4 is 0 Å². The fraction of sp³-hybridized carbons (Fsp3) is 0.944. The average molecular weight is 615 g/mol. The predicted octanol–water partition coefficient (Wildman–Crippen LogP) is 8.40. The van der Waals surface area contributed by atoms with Crippen LogP contribution >= 0.6 is 0 Å². The minimum atomic E-state index is -0.827. The largest absolute Gasteiger partial charge is 0.481 e. The molecule has 0 aromatic heterocycles. The summed E-state index contributed by atoms with van der Waals surface area (Å²) in [6, 6.07) is 0. The van der Waals surface area contributed by atoms with Crippen LogP contribution in [0.5, 0.6) is 0 Å². The zero-order chi connectivity index (χ0) is 32.7. The van der Waals surface area contributed by atoms with Crippen molar-refractivity contribution in [3.05, 3.63) is 0 Å². The fourth-order valence-electron chi connectivity index (χ4n) is 6.12. The normalized spacial score (nSPS) is 15.3. The number of hydrogen-bond donors (Lipinski definition) is 2. The van der Waals surface area contributed by atoms with E-state index in [0.717, 1.165) is 38.5 Å². The molecule has 0 spiro atoms. The molecule has 43 heavy (non-hydrogen) atoms. The first-order valence-electron chi connectivity index (χ1n) is 17.9. The quantitative estimate of drug-likeness (QED) is 0.0627. The first-order valence-corrected chi connectivity index (χ1v) is 17.9. The smallest absolute Gasteiger partial charge is 0.309 e. The number of aliphatic carboxylic acids is 2. The SMILES string of the molecule is CCCCCCCCCCCCC(C(=O)O)C(C[N+](C)(C)C)OC(C[N+](C)(C)C)C(CCCCCCCCCC)C(=O)O. The van der Waals surface area contributed by atoms with Gasteiger partial charge in [-0.25, -0.2) is 0 Å². The van der Waals surface area contributed by atoms with E-state index in [1.54, 1.807) is 0 Å². The van der Waals surface area contributed by atoms with Crippen LogP contribution in [0.2, 0.25) is 0 Å². The number of nitrogens with zero attached hydrogens (tertiary/aromatic N) is 2. The van der Waals surface area contributed by atoms with E-state index in [1.165, 1.54) is 77.0 Å². The van der Waals surface area contributed by atoms with Crippen molar-refractivity contribution in [2.75, 3.05) is 55.4 Å². The van der Waals surface area contributed by atoms with Crippen molar-refractivity contribution in [1.29, 1.82) is 0 Å². The summed E-state index contributed by atoms with van der Waals surface area (Å²) in [4.78, 5) is 25.2. The highest BCUT2D eigenvalue weighted by molar-refractivity contribution is 5.71. The molecule has 0 saturated carbocycles. The Kier molecular flexibility index (Phi) is 23.4. The Hall–Kier alpha value is -1.18. The van der Waals surface area contributed by atoms with Gasteiger partial charge in [0.2, 0.25) is 0 Å². The molecule has 0 bridgehead atoms. The van der Waals surface area contributed by atoms with Crippen molar-refractivity contribution in [2.24, 2.45) is 11.8 Å². The molecular formula is C36H74N2O5+2. The molecule has 256 valence electrons. The van der Waals surface area contributed by atoms with Gasteiger partial charge in [-0.1, -0.05) is 129 Å². The summed E-state index contributed by atoms with van der Waals surface area (Å²) in [6.45, 7) is 5.54. The first kappa shape index (κ1) is 41.8. The summed E-state index contributed by atoms with van der Waals surface area (Å²) in [5, 5.41) is 20.7. The van der Waals surface area contributed by atoms with E-state index in [2.05, 4.69) is 56.1 Å². The number of carboxylic acids is 2. The number of likely N-dealkylation sites (N-methyl/N-ethyl adjacent to an activating group) is 2. The van der Waals surface area contributed by atoms with Crippen molar-refractivity contribution < 1.29 is 33.5 Å². The van der Waals surface area contributed by atoms with Gasteiger partial charge in [0.1, 0.15) is 25.3 Å². The third-order valence-corrected chi connectivity index (χ3v) is 8.57. The van der Waals surface area contributed by atoms with Crippen LogP contribution in [-0.4, -0.2) is 98.7 Å². The van der Waals surface area contributed by atoms with Gasteiger partial charge in [0.15, 0.2) is 0 Å². The van der Waals surface area contributed by atoms with Gasteiger partial charge in [0.25, 0.3) is 0 Å². The molecule has 0 aliphatic heterocycles. The van der Waals surface area contributed by atoms with Gasteiger partial charge < -0.3 is 23.9 Å². The number of unbranched alkanes of at least 4 members (excludes halogenated alkanes) is 16. The second-order valence-corrected chi connectivity index (χ2v) is 15.3. The summed E-state index contributed by atoms with van der Waals surface area (Å²) < 4.78 is 7.86. The highest BCUT2D eigenvalue weighted by Crippen LogP contribution is 2.27. The van der Waals surface area contributed by atoms with Crippen molar-refractivity contribution in [2.45, 2.75) is 154 Å². The van der Waals surface area contributed by atoms with Crippen LogP contribution in [0.25, 0.3) is 0 Å². The molecule has 0 saturated heterocycles. The Labute approximate surface area is 266 Å². The lowest BCUT2D eigenvalue weighted by Crippen LogP contribution is -2.53. The number of hydrogen-bond acceptors (Lipinski definition) is 3. The van der Waals surface area contributed by atoms with Gasteiger partial charge in [0.05, 0.1) is 54.1 Å². The van der Waals surface area contributed by atoms with E-state index >= 15 is 0 Å². The molecule has 0 fully saturated rings. The zero-order valence-electron chi connectivity index (χ0n) is 29.9. The minimum Gasteiger partial charge on any atom is -0.481 e. The molecule has 0 rings (SSSR count). The fourth-order valence-corrected chi connectivity index (χ4v) is 6.12. The molecule has 0 aromatic rings. The zero-order valence-corrected chi connectivity index (χ0v) is 29.9. The van der Waals surface area contributed by atoms with E-state index in [9.17, 15) is 19.8 Å². The van der Waals surface area contributed by atoms with Crippen LogP contribution in [-0.2, 0) is 14.3 Å². The Balaban J connectivity index is 5.40. The van der Waals surface area contributed by atoms with E-state index in [1.807, 2.05) is 0 Å². The van der Waals surface area contributed by atoms with Crippen molar-refractivity contribution in [3.8, 4) is 0 Å². The number of quaternary nitrogens is 2. The van der Waals surface area contributed by atoms with Gasteiger partial charge in [-0.3, -0.25) is 9.59 Å². The summed E-state index contributed by atoms with van der Waals surface area (Å²) in [5.74, 6) is -2.93. The third kappa shape index (κ3) is 23.8. The lowest BCUT2D eigenvalue weighted by atomic mass is 9.91. The molecular weight excluding hydrogens is 540 g/mol. The van der Waals surface area contributed by atoms with Crippen LogP contribution in [0.4, 0.5) is 0 Å². The maximum Gasteiger partial charge on any atom is 0.309 e. The second-order valence-electron chi connectivity index (χ2n) is 15.3. The lowest BCUT2D eigenvalue weighted by molar-refractivity contribution is -0.879. The van der Waals surface area contributed by atoms with Crippen molar-refractivity contribution >= 4 is 11.9 Å². The molecule has 0 amide bonds. The van der Waals surface area contributed by atoms with Crippen LogP contribution in [0, 0.1) is 11.8 Å². The lowest BCUT2D eigenvalue weighted by Gasteiger charge is -2.38. The molecule has 7 nitrogen and oxygen atoms in total. The number of rotatable bonds is 30. The summed E-state index contributed by atoms with van der Waals surface area (Å²) in [5.41, 5.74) is 0. The highest BCUT2D eigenvalue weighted by Gasteiger charge is 2.40. The number of carboxylic acid groups (broad SMARTS) is 2. The van der Waals surface area contributed by atoms with E-state index < -0.39 is 36.0 Å². The Bertz CT molecular complexity index is 701. The highest BCUT2D eigenvalue weighted by atomic mass is 16.5. The molecule has 0 aliphatic rings. The predicted molar refractivity (Wildman–Crippen MR) is 180 cm³/mol. The molecule has 0 aliphatic carbocycles. The molecule has 4 atom stereocenters. The summed E-state index contributed by atoms with van der Waals surface area (Å²) in [7, 11) is 12.3. The molecule has 4 unspecified atom stereocenters. The monoisotopic (exact) mass is 615 g/mol. The number of ether oxygens (including phenoxy) is 1. The van der Waals surface area contributed by atoms with Crippen molar-refractivity contribution in [1.82, 2.24) is 0 Å². The van der Waals surface area contributed by atoms with Gasteiger partial charge in [-0.05, 0) is 12.8 Å². The van der Waals surface area contributed by atoms with Crippen LogP contribution in [0.3, 0.4) is 0 Å². The van der Waals surface area contributed by atoms with Crippen LogP contribution in [0.15, 0.2) is 0 Å². The summed E-state index contributed by atoms with van der Waals surface area (Å²) >= 11 is 0. The molecule has 7 heteroatoms. The topological polar surface area (TPSA) is 83.8 Å². The average Bonchev–Trinajstić information content (AvgIpc) is 2.88. The van der Waals surface area contributed by atoms with Crippen molar-refractivity contribution in [3.63, 3.8) is 0 Å². The van der Waals surface area contributed by atoms with Crippen LogP contribution in [0.1, 0.15) is 142 Å². The summed E-state index contributed by atoms with van der Waals surface area (Å²) in [6.07, 6.45) is 21.5. The molecule has 2 N–H and O–H groups in total. The van der Waals surface area contributed by atoms with E-state index in [-0.39, 0.29) is 0 Å². The molecule has 0 radical (unpaired) electrons. The maximum atomic E-state index is 12.6. The van der Waals surface area contributed by atoms with Gasteiger partial charge in [-0.2, -0.15) is 0 Å². The number of carbonyl (C=O) groups is 2. The Morgan fingerprint density at radius 1 is 0.488 bits per heavy atom. The van der Waals surface area contributed by atoms with Gasteiger partial charge in [0, 0.05) is 0 Å². The molecule has 0 heterocycles. The minimum absolute atomic E-state index is 0.534. The van der Waals surface area contributed by atoms with Gasteiger partial charge >= 0.3 is 11.9 Å². The molecule has 0 aromatic carbocycles. The van der Waals surface area contributed by atoms with Gasteiger partial charge in [-0.15, -0.1) is 0 Å².